The molecule has 130 valence electrons. The zero-order valence-electron chi connectivity index (χ0n) is 13.3. The topological polar surface area (TPSA) is 41.1 Å². The minimum absolute atomic E-state index is 0.0458. The van der Waals surface area contributed by atoms with E-state index in [4.69, 9.17) is 0 Å². The first-order valence-corrected chi connectivity index (χ1v) is 8.63. The Morgan fingerprint density at radius 3 is 2.67 bits per heavy atom. The van der Waals surface area contributed by atoms with Crippen LogP contribution in [0.1, 0.15) is 53.9 Å². The van der Waals surface area contributed by atoms with Gasteiger partial charge in [-0.1, -0.05) is 6.07 Å². The maximum absolute atomic E-state index is 14.0. The Kier molecular flexibility index (Phi) is 3.82. The Labute approximate surface area is 139 Å². The number of carbonyl (C=O) groups excluding carboxylic acids is 1. The zero-order chi connectivity index (χ0) is 16.9. The van der Waals surface area contributed by atoms with Gasteiger partial charge in [-0.15, -0.1) is 0 Å². The van der Waals surface area contributed by atoms with E-state index >= 15 is 0 Å². The summed E-state index contributed by atoms with van der Waals surface area (Å²) in [5.74, 6) is -2.79. The third-order valence-electron chi connectivity index (χ3n) is 5.24. The predicted octanol–water partition coefficient (Wildman–Crippen LogP) is 3.21. The van der Waals surface area contributed by atoms with E-state index in [1.54, 1.807) is 12.1 Å². The van der Waals surface area contributed by atoms with Crippen molar-refractivity contribution in [2.45, 2.75) is 56.0 Å². The van der Waals surface area contributed by atoms with Gasteiger partial charge in [-0.05, 0) is 49.4 Å². The van der Waals surface area contributed by atoms with Gasteiger partial charge in [0.15, 0.2) is 0 Å². The molecule has 1 aromatic rings. The van der Waals surface area contributed by atoms with Crippen molar-refractivity contribution in [2.24, 2.45) is 5.92 Å². The van der Waals surface area contributed by atoms with Gasteiger partial charge in [-0.2, -0.15) is 0 Å². The molecular formula is C18H21F3N2O. The normalized spacial score (nSPS) is 28.3. The van der Waals surface area contributed by atoms with Gasteiger partial charge in [0.1, 0.15) is 5.82 Å². The summed E-state index contributed by atoms with van der Waals surface area (Å²) in [6.07, 6.45) is 2.86. The van der Waals surface area contributed by atoms with Crippen LogP contribution in [0.25, 0.3) is 0 Å². The molecular weight excluding hydrogens is 317 g/mol. The van der Waals surface area contributed by atoms with Gasteiger partial charge in [-0.3, -0.25) is 4.79 Å². The van der Waals surface area contributed by atoms with Crippen LogP contribution < -0.4 is 10.6 Å². The molecule has 1 amide bonds. The zero-order valence-corrected chi connectivity index (χ0v) is 13.3. The minimum atomic E-state index is -2.70. The van der Waals surface area contributed by atoms with Crippen LogP contribution in [0.15, 0.2) is 18.2 Å². The fourth-order valence-electron chi connectivity index (χ4n) is 3.40. The summed E-state index contributed by atoms with van der Waals surface area (Å²) >= 11 is 0. The number of carbonyl (C=O) groups is 1. The molecule has 3 aliphatic carbocycles. The number of nitrogens with one attached hydrogen (secondary N) is 2. The van der Waals surface area contributed by atoms with Crippen molar-refractivity contribution >= 4 is 5.91 Å². The van der Waals surface area contributed by atoms with Crippen molar-refractivity contribution in [3.8, 4) is 0 Å². The highest BCUT2D eigenvalue weighted by Crippen LogP contribution is 2.42. The number of benzene rings is 1. The maximum Gasteiger partial charge on any atom is 0.254 e. The highest BCUT2D eigenvalue weighted by Gasteiger charge is 2.46. The number of amides is 1. The first-order valence-electron chi connectivity index (χ1n) is 8.63. The Hall–Kier alpha value is -1.56. The van der Waals surface area contributed by atoms with Crippen molar-refractivity contribution < 1.29 is 18.0 Å². The van der Waals surface area contributed by atoms with E-state index in [1.165, 1.54) is 18.9 Å². The van der Waals surface area contributed by atoms with E-state index in [0.717, 1.165) is 24.4 Å². The molecule has 2 atom stereocenters. The van der Waals surface area contributed by atoms with E-state index < -0.39 is 23.7 Å². The number of rotatable bonds is 6. The summed E-state index contributed by atoms with van der Waals surface area (Å²) in [5.41, 5.74) is 0.893. The quantitative estimate of drug-likeness (QED) is 0.836. The number of hydrogen-bond acceptors (Lipinski definition) is 2. The molecule has 0 heterocycles. The van der Waals surface area contributed by atoms with Gasteiger partial charge in [0.2, 0.25) is 0 Å². The molecule has 2 N–H and O–H groups in total. The van der Waals surface area contributed by atoms with Crippen molar-refractivity contribution in [1.82, 2.24) is 10.6 Å². The maximum atomic E-state index is 14.0. The number of hydrogen-bond donors (Lipinski definition) is 2. The first kappa shape index (κ1) is 15.9. The Bertz CT molecular complexity index is 652. The SMILES string of the molecule is O=C(NC1CC(F)(F)C1)c1cc([C@@H]2C[C@H]2NCC2CC2)ccc1F. The lowest BCUT2D eigenvalue weighted by molar-refractivity contribution is -0.0901. The first-order chi connectivity index (χ1) is 11.4. The average molecular weight is 338 g/mol. The number of halogens is 3. The van der Waals surface area contributed by atoms with Crippen molar-refractivity contribution in [2.75, 3.05) is 6.54 Å². The molecule has 3 nitrogen and oxygen atoms in total. The van der Waals surface area contributed by atoms with Gasteiger partial charge in [-0.25, -0.2) is 13.2 Å². The van der Waals surface area contributed by atoms with Crippen LogP contribution in [0.4, 0.5) is 13.2 Å². The van der Waals surface area contributed by atoms with Gasteiger partial charge in [0, 0.05) is 30.8 Å². The smallest absolute Gasteiger partial charge is 0.254 e. The lowest BCUT2D eigenvalue weighted by Crippen LogP contribution is -2.50. The van der Waals surface area contributed by atoms with Crippen molar-refractivity contribution in [1.29, 1.82) is 0 Å². The second-order valence-corrected chi connectivity index (χ2v) is 7.47. The van der Waals surface area contributed by atoms with Gasteiger partial charge in [0.25, 0.3) is 11.8 Å². The van der Waals surface area contributed by atoms with E-state index in [-0.39, 0.29) is 18.4 Å². The highest BCUT2D eigenvalue weighted by atomic mass is 19.3. The Morgan fingerprint density at radius 2 is 2.00 bits per heavy atom. The lowest BCUT2D eigenvalue weighted by atomic mass is 9.88. The summed E-state index contributed by atoms with van der Waals surface area (Å²) in [6.45, 7) is 1.03. The molecule has 0 aliphatic heterocycles. The van der Waals surface area contributed by atoms with Crippen LogP contribution in [-0.2, 0) is 0 Å². The summed E-state index contributed by atoms with van der Waals surface area (Å²) < 4.78 is 39.6. The van der Waals surface area contributed by atoms with Gasteiger partial charge < -0.3 is 10.6 Å². The summed E-state index contributed by atoms with van der Waals surface area (Å²) in [5, 5.41) is 6.01. The molecule has 24 heavy (non-hydrogen) atoms. The summed E-state index contributed by atoms with van der Waals surface area (Å²) in [4.78, 5) is 12.2. The monoisotopic (exact) mass is 338 g/mol. The van der Waals surface area contributed by atoms with Crippen LogP contribution in [0, 0.1) is 11.7 Å². The lowest BCUT2D eigenvalue weighted by Gasteiger charge is -2.35. The average Bonchev–Trinajstić information content (AvgIpc) is 3.38. The molecule has 0 aromatic heterocycles. The van der Waals surface area contributed by atoms with Crippen LogP contribution in [0.3, 0.4) is 0 Å². The molecule has 0 bridgehead atoms. The number of alkyl halides is 2. The summed E-state index contributed by atoms with van der Waals surface area (Å²) in [7, 11) is 0. The van der Waals surface area contributed by atoms with Crippen LogP contribution in [-0.4, -0.2) is 30.5 Å². The van der Waals surface area contributed by atoms with E-state index in [9.17, 15) is 18.0 Å². The largest absolute Gasteiger partial charge is 0.349 e. The molecule has 3 fully saturated rings. The third-order valence-corrected chi connectivity index (χ3v) is 5.24. The molecule has 4 rings (SSSR count). The van der Waals surface area contributed by atoms with Gasteiger partial charge in [0.05, 0.1) is 5.56 Å². The second-order valence-electron chi connectivity index (χ2n) is 7.47. The van der Waals surface area contributed by atoms with Crippen molar-refractivity contribution in [3.05, 3.63) is 35.1 Å². The van der Waals surface area contributed by atoms with E-state index in [0.29, 0.717) is 12.0 Å². The molecule has 0 radical (unpaired) electrons. The molecule has 0 unspecified atom stereocenters. The van der Waals surface area contributed by atoms with Crippen LogP contribution in [0.2, 0.25) is 0 Å². The Balaban J connectivity index is 1.37. The molecule has 3 aliphatic rings. The minimum Gasteiger partial charge on any atom is -0.349 e. The summed E-state index contributed by atoms with van der Waals surface area (Å²) in [6, 6.07) is 4.43. The molecule has 3 saturated carbocycles. The van der Waals surface area contributed by atoms with E-state index in [2.05, 4.69) is 10.6 Å². The van der Waals surface area contributed by atoms with E-state index in [1.807, 2.05) is 0 Å². The molecule has 6 heteroatoms. The fourth-order valence-corrected chi connectivity index (χ4v) is 3.40. The standard InChI is InChI=1S/C18H21F3N2O/c19-15-4-3-11(13-6-16(13)22-9-10-1-2-10)5-14(15)17(24)23-12-7-18(20,21)8-12/h3-5,10,12-13,16,22H,1-2,6-9H2,(H,23,24)/t13-,16+/m0/s1. The molecule has 0 saturated heterocycles. The van der Waals surface area contributed by atoms with Gasteiger partial charge >= 0.3 is 0 Å². The van der Waals surface area contributed by atoms with Crippen LogP contribution >= 0.6 is 0 Å². The molecule has 1 aromatic carbocycles. The van der Waals surface area contributed by atoms with Crippen LogP contribution in [0.5, 0.6) is 0 Å². The highest BCUT2D eigenvalue weighted by molar-refractivity contribution is 5.95. The molecule has 0 spiro atoms. The Morgan fingerprint density at radius 1 is 1.25 bits per heavy atom. The van der Waals surface area contributed by atoms with Crippen molar-refractivity contribution in [3.63, 3.8) is 0 Å². The third kappa shape index (κ3) is 3.43. The fraction of sp³-hybridized carbons (Fsp3) is 0.611. The predicted molar refractivity (Wildman–Crippen MR) is 83.7 cm³/mol. The second kappa shape index (κ2) is 5.76.